The molecule has 0 heterocycles. The molecule has 1 rings (SSSR count). The van der Waals surface area contributed by atoms with E-state index in [1.807, 2.05) is 6.92 Å². The number of amides is 2. The molecule has 0 radical (unpaired) electrons. The van der Waals surface area contributed by atoms with E-state index in [-0.39, 0.29) is 12.6 Å². The van der Waals surface area contributed by atoms with Crippen LogP contribution >= 0.6 is 0 Å². The fourth-order valence-electron chi connectivity index (χ4n) is 1.13. The molecule has 3 nitrogen and oxygen atoms in total. The van der Waals surface area contributed by atoms with Crippen molar-refractivity contribution in [3.8, 4) is 0 Å². The minimum atomic E-state index is -0.909. The number of rotatable bonds is 4. The molecule has 0 aliphatic carbocycles. The highest BCUT2D eigenvalue weighted by atomic mass is 19.2. The Bertz CT molecular complexity index is 369. The van der Waals surface area contributed by atoms with E-state index in [4.69, 9.17) is 0 Å². The van der Waals surface area contributed by atoms with Crippen molar-refractivity contribution < 1.29 is 13.6 Å². The van der Waals surface area contributed by atoms with Gasteiger partial charge in [-0.05, 0) is 24.1 Å². The third kappa shape index (κ3) is 3.84. The topological polar surface area (TPSA) is 41.1 Å². The fourth-order valence-corrected chi connectivity index (χ4v) is 1.13. The lowest BCUT2D eigenvalue weighted by Gasteiger charge is -2.06. The van der Waals surface area contributed by atoms with Gasteiger partial charge in [0, 0.05) is 13.1 Å². The lowest BCUT2D eigenvalue weighted by molar-refractivity contribution is 0.240. The summed E-state index contributed by atoms with van der Waals surface area (Å²) >= 11 is 0. The van der Waals surface area contributed by atoms with Crippen molar-refractivity contribution in [1.29, 1.82) is 0 Å². The number of carbonyl (C=O) groups is 1. The Morgan fingerprint density at radius 3 is 2.62 bits per heavy atom. The van der Waals surface area contributed by atoms with Gasteiger partial charge >= 0.3 is 6.03 Å². The molecule has 0 atom stereocenters. The molecule has 0 spiro atoms. The lowest BCUT2D eigenvalue weighted by Crippen LogP contribution is -2.35. The second kappa shape index (κ2) is 6.05. The van der Waals surface area contributed by atoms with Crippen LogP contribution in [0.5, 0.6) is 0 Å². The number of carbonyl (C=O) groups excluding carboxylic acids is 1. The van der Waals surface area contributed by atoms with Gasteiger partial charge in [0.05, 0.1) is 0 Å². The lowest BCUT2D eigenvalue weighted by atomic mass is 10.2. The van der Waals surface area contributed by atoms with E-state index >= 15 is 0 Å². The Kier molecular flexibility index (Phi) is 4.69. The Morgan fingerprint density at radius 2 is 2.00 bits per heavy atom. The van der Waals surface area contributed by atoms with E-state index < -0.39 is 11.6 Å². The SMILES string of the molecule is CCCNC(=O)NCc1ccc(F)c(F)c1. The van der Waals surface area contributed by atoms with Gasteiger partial charge in [-0.25, -0.2) is 13.6 Å². The predicted octanol–water partition coefficient (Wildman–Crippen LogP) is 2.17. The highest BCUT2D eigenvalue weighted by Crippen LogP contribution is 2.08. The second-order valence-electron chi connectivity index (χ2n) is 3.36. The van der Waals surface area contributed by atoms with E-state index in [1.165, 1.54) is 6.07 Å². The maximum atomic E-state index is 12.8. The molecule has 0 aliphatic rings. The molecule has 16 heavy (non-hydrogen) atoms. The standard InChI is InChI=1S/C11H14F2N2O/c1-2-5-14-11(16)15-7-8-3-4-9(12)10(13)6-8/h3-4,6H,2,5,7H2,1H3,(H2,14,15,16). The van der Waals surface area contributed by atoms with Gasteiger partial charge < -0.3 is 10.6 Å². The third-order valence-electron chi connectivity index (χ3n) is 1.97. The first-order valence-corrected chi connectivity index (χ1v) is 5.09. The van der Waals surface area contributed by atoms with Crippen molar-refractivity contribution in [3.63, 3.8) is 0 Å². The van der Waals surface area contributed by atoms with Gasteiger partial charge in [-0.15, -0.1) is 0 Å². The number of urea groups is 1. The molecule has 0 fully saturated rings. The molecule has 0 saturated carbocycles. The number of benzene rings is 1. The largest absolute Gasteiger partial charge is 0.338 e. The Labute approximate surface area is 92.8 Å². The van der Waals surface area contributed by atoms with E-state index in [0.29, 0.717) is 12.1 Å². The van der Waals surface area contributed by atoms with Crippen LogP contribution in [0, 0.1) is 11.6 Å². The van der Waals surface area contributed by atoms with Crippen molar-refractivity contribution in [2.24, 2.45) is 0 Å². The van der Waals surface area contributed by atoms with Crippen molar-refractivity contribution in [2.75, 3.05) is 6.54 Å². The van der Waals surface area contributed by atoms with Crippen molar-refractivity contribution in [3.05, 3.63) is 35.4 Å². The normalized spacial score (nSPS) is 9.94. The molecule has 0 saturated heterocycles. The third-order valence-corrected chi connectivity index (χ3v) is 1.97. The predicted molar refractivity (Wildman–Crippen MR) is 56.9 cm³/mol. The van der Waals surface area contributed by atoms with Crippen LogP contribution in [0.1, 0.15) is 18.9 Å². The van der Waals surface area contributed by atoms with Crippen LogP contribution < -0.4 is 10.6 Å². The van der Waals surface area contributed by atoms with Crippen LogP contribution in [0.4, 0.5) is 13.6 Å². The van der Waals surface area contributed by atoms with Gasteiger partial charge in [-0.1, -0.05) is 13.0 Å². The molecule has 5 heteroatoms. The molecule has 88 valence electrons. The monoisotopic (exact) mass is 228 g/mol. The number of halogens is 2. The van der Waals surface area contributed by atoms with Crippen LogP contribution in [0.25, 0.3) is 0 Å². The van der Waals surface area contributed by atoms with Crippen LogP contribution in [-0.2, 0) is 6.54 Å². The Hall–Kier alpha value is -1.65. The Morgan fingerprint density at radius 1 is 1.25 bits per heavy atom. The first-order chi connectivity index (χ1) is 7.63. The van der Waals surface area contributed by atoms with Gasteiger partial charge in [-0.2, -0.15) is 0 Å². The highest BCUT2D eigenvalue weighted by Gasteiger charge is 2.03. The van der Waals surface area contributed by atoms with Crippen LogP contribution in [0.3, 0.4) is 0 Å². The summed E-state index contributed by atoms with van der Waals surface area (Å²) in [6.07, 6.45) is 0.846. The summed E-state index contributed by atoms with van der Waals surface area (Å²) in [5, 5.41) is 5.15. The molecule has 2 N–H and O–H groups in total. The molecule has 1 aromatic rings. The molecule has 1 aromatic carbocycles. The summed E-state index contributed by atoms with van der Waals surface area (Å²) < 4.78 is 25.4. The molecular weight excluding hydrogens is 214 g/mol. The zero-order valence-electron chi connectivity index (χ0n) is 9.02. The van der Waals surface area contributed by atoms with Crippen LogP contribution in [0.15, 0.2) is 18.2 Å². The molecular formula is C11H14F2N2O. The van der Waals surface area contributed by atoms with E-state index in [2.05, 4.69) is 10.6 Å². The van der Waals surface area contributed by atoms with Gasteiger partial charge in [0.1, 0.15) is 0 Å². The number of hydrogen-bond acceptors (Lipinski definition) is 1. The van der Waals surface area contributed by atoms with Gasteiger partial charge in [0.25, 0.3) is 0 Å². The molecule has 0 bridgehead atoms. The molecule has 0 unspecified atom stereocenters. The zero-order chi connectivity index (χ0) is 12.0. The smallest absolute Gasteiger partial charge is 0.315 e. The summed E-state index contributed by atoms with van der Waals surface area (Å²) in [5.74, 6) is -1.80. The number of hydrogen-bond donors (Lipinski definition) is 2. The highest BCUT2D eigenvalue weighted by molar-refractivity contribution is 5.73. The fraction of sp³-hybridized carbons (Fsp3) is 0.364. The van der Waals surface area contributed by atoms with Gasteiger partial charge in [0.2, 0.25) is 0 Å². The molecule has 0 aromatic heterocycles. The summed E-state index contributed by atoms with van der Waals surface area (Å²) in [6, 6.07) is 3.22. The number of nitrogens with one attached hydrogen (secondary N) is 2. The minimum Gasteiger partial charge on any atom is -0.338 e. The average molecular weight is 228 g/mol. The van der Waals surface area contributed by atoms with Crippen molar-refractivity contribution in [1.82, 2.24) is 10.6 Å². The maximum absolute atomic E-state index is 12.8. The summed E-state index contributed by atoms with van der Waals surface area (Å²) in [6.45, 7) is 2.70. The molecule has 2 amide bonds. The Balaban J connectivity index is 2.42. The van der Waals surface area contributed by atoms with Crippen LogP contribution in [0.2, 0.25) is 0 Å². The van der Waals surface area contributed by atoms with Crippen molar-refractivity contribution >= 4 is 6.03 Å². The van der Waals surface area contributed by atoms with E-state index in [1.54, 1.807) is 0 Å². The van der Waals surface area contributed by atoms with Gasteiger partial charge in [-0.3, -0.25) is 0 Å². The maximum Gasteiger partial charge on any atom is 0.315 e. The molecule has 0 aliphatic heterocycles. The first kappa shape index (κ1) is 12.4. The van der Waals surface area contributed by atoms with E-state index in [9.17, 15) is 13.6 Å². The summed E-state index contributed by atoms with van der Waals surface area (Å²) in [5.41, 5.74) is 0.519. The zero-order valence-corrected chi connectivity index (χ0v) is 9.02. The minimum absolute atomic E-state index is 0.173. The quantitative estimate of drug-likeness (QED) is 0.814. The average Bonchev–Trinajstić information content (AvgIpc) is 2.28. The first-order valence-electron chi connectivity index (χ1n) is 5.09. The van der Waals surface area contributed by atoms with E-state index in [0.717, 1.165) is 18.6 Å². The summed E-state index contributed by atoms with van der Waals surface area (Å²) in [7, 11) is 0. The second-order valence-corrected chi connectivity index (χ2v) is 3.36. The van der Waals surface area contributed by atoms with Gasteiger partial charge in [0.15, 0.2) is 11.6 Å². The van der Waals surface area contributed by atoms with Crippen LogP contribution in [-0.4, -0.2) is 12.6 Å². The summed E-state index contributed by atoms with van der Waals surface area (Å²) in [4.78, 5) is 11.1. The van der Waals surface area contributed by atoms with Crippen molar-refractivity contribution in [2.45, 2.75) is 19.9 Å².